The minimum absolute atomic E-state index is 0.223. The molecule has 2 aromatic carbocycles. The second-order valence-electron chi connectivity index (χ2n) is 5.93. The van der Waals surface area contributed by atoms with Crippen LogP contribution in [-0.2, 0) is 16.4 Å². The van der Waals surface area contributed by atoms with E-state index in [-0.39, 0.29) is 4.90 Å². The standard InChI is InChI=1S/C18H20N2O2S/c1-13-11-14(2)16-9-6-10-18(17(16)12-13)19-20-23(21,22)15-7-4-3-5-8-15/h3-5,7-8,11-12,20H,6,9-10H2,1-2H3/b19-18-. The fourth-order valence-electron chi connectivity index (χ4n) is 3.04. The summed E-state index contributed by atoms with van der Waals surface area (Å²) in [5, 5.41) is 4.23. The molecule has 0 radical (unpaired) electrons. The zero-order chi connectivity index (χ0) is 16.4. The Morgan fingerprint density at radius 2 is 1.78 bits per heavy atom. The Kier molecular flexibility index (Phi) is 4.22. The van der Waals surface area contributed by atoms with E-state index in [1.807, 2.05) is 6.92 Å². The summed E-state index contributed by atoms with van der Waals surface area (Å²) in [4.78, 5) is 2.61. The smallest absolute Gasteiger partial charge is 0.200 e. The van der Waals surface area contributed by atoms with Crippen LogP contribution in [0.3, 0.4) is 0 Å². The first-order chi connectivity index (χ1) is 11.0. The van der Waals surface area contributed by atoms with Crippen molar-refractivity contribution >= 4 is 15.7 Å². The van der Waals surface area contributed by atoms with Crippen LogP contribution in [0.25, 0.3) is 0 Å². The molecule has 120 valence electrons. The van der Waals surface area contributed by atoms with Crippen LogP contribution in [-0.4, -0.2) is 14.1 Å². The summed E-state index contributed by atoms with van der Waals surface area (Å²) in [6.45, 7) is 4.15. The lowest BCUT2D eigenvalue weighted by atomic mass is 9.86. The summed E-state index contributed by atoms with van der Waals surface area (Å²) in [6.07, 6.45) is 2.79. The SMILES string of the molecule is Cc1cc(C)c2c(c1)/C(=N\NS(=O)(=O)c1ccccc1)CCC2. The van der Waals surface area contributed by atoms with Gasteiger partial charge in [0.2, 0.25) is 0 Å². The number of sulfonamides is 1. The predicted octanol–water partition coefficient (Wildman–Crippen LogP) is 3.32. The van der Waals surface area contributed by atoms with Crippen LogP contribution in [0.4, 0.5) is 0 Å². The first-order valence-electron chi connectivity index (χ1n) is 7.71. The highest BCUT2D eigenvalue weighted by molar-refractivity contribution is 7.89. The molecule has 5 heteroatoms. The highest BCUT2D eigenvalue weighted by Crippen LogP contribution is 2.26. The molecule has 0 saturated carbocycles. The molecule has 0 amide bonds. The number of nitrogens with zero attached hydrogens (tertiary/aromatic N) is 1. The molecule has 4 nitrogen and oxygen atoms in total. The molecular formula is C18H20N2O2S. The third-order valence-electron chi connectivity index (χ3n) is 4.12. The zero-order valence-corrected chi connectivity index (χ0v) is 14.2. The second kappa shape index (κ2) is 6.16. The van der Waals surface area contributed by atoms with Crippen molar-refractivity contribution in [2.75, 3.05) is 0 Å². The van der Waals surface area contributed by atoms with Gasteiger partial charge in [-0.1, -0.05) is 29.8 Å². The van der Waals surface area contributed by atoms with Crippen molar-refractivity contribution in [3.8, 4) is 0 Å². The number of hydrazone groups is 1. The molecule has 0 atom stereocenters. The molecular weight excluding hydrogens is 308 g/mol. The van der Waals surface area contributed by atoms with Gasteiger partial charge in [-0.3, -0.25) is 0 Å². The topological polar surface area (TPSA) is 58.5 Å². The summed E-state index contributed by atoms with van der Waals surface area (Å²) >= 11 is 0. The summed E-state index contributed by atoms with van der Waals surface area (Å²) in [6, 6.07) is 12.6. The van der Waals surface area contributed by atoms with Crippen molar-refractivity contribution in [3.05, 3.63) is 64.7 Å². The summed E-state index contributed by atoms with van der Waals surface area (Å²) in [5.74, 6) is 0. The second-order valence-corrected chi connectivity index (χ2v) is 7.59. The van der Waals surface area contributed by atoms with Gasteiger partial charge in [0.1, 0.15) is 0 Å². The Hall–Kier alpha value is -2.14. The van der Waals surface area contributed by atoms with E-state index in [2.05, 4.69) is 29.0 Å². The first-order valence-corrected chi connectivity index (χ1v) is 9.19. The molecule has 23 heavy (non-hydrogen) atoms. The van der Waals surface area contributed by atoms with Crippen molar-refractivity contribution in [2.24, 2.45) is 5.10 Å². The Morgan fingerprint density at radius 3 is 2.52 bits per heavy atom. The quantitative estimate of drug-likeness (QED) is 0.879. The lowest BCUT2D eigenvalue weighted by Crippen LogP contribution is -2.23. The maximum absolute atomic E-state index is 12.3. The number of hydrogen-bond acceptors (Lipinski definition) is 3. The van der Waals surface area contributed by atoms with Crippen molar-refractivity contribution in [3.63, 3.8) is 0 Å². The third-order valence-corrected chi connectivity index (χ3v) is 5.35. The van der Waals surface area contributed by atoms with Gasteiger partial charge in [-0.25, -0.2) is 0 Å². The van der Waals surface area contributed by atoms with E-state index in [9.17, 15) is 8.42 Å². The minimum atomic E-state index is -3.62. The Bertz CT molecular complexity index is 856. The van der Waals surface area contributed by atoms with Crippen LogP contribution in [0.5, 0.6) is 0 Å². The number of benzene rings is 2. The Morgan fingerprint density at radius 1 is 1.04 bits per heavy atom. The van der Waals surface area contributed by atoms with Gasteiger partial charge in [0, 0.05) is 5.56 Å². The lowest BCUT2D eigenvalue weighted by Gasteiger charge is -2.20. The summed E-state index contributed by atoms with van der Waals surface area (Å²) in [5.41, 5.74) is 5.58. The molecule has 2 aromatic rings. The average Bonchev–Trinajstić information content (AvgIpc) is 2.54. The van der Waals surface area contributed by atoms with Crippen LogP contribution >= 0.6 is 0 Å². The number of fused-ring (bicyclic) bond motifs is 1. The number of hydrogen-bond donors (Lipinski definition) is 1. The molecule has 0 heterocycles. The highest BCUT2D eigenvalue weighted by atomic mass is 32.2. The Labute approximate surface area is 137 Å². The normalized spacial score (nSPS) is 16.2. The van der Waals surface area contributed by atoms with Crippen LogP contribution < -0.4 is 4.83 Å². The zero-order valence-electron chi connectivity index (χ0n) is 13.3. The number of aryl methyl sites for hydroxylation is 2. The largest absolute Gasteiger partial charge is 0.276 e. The maximum atomic E-state index is 12.3. The molecule has 0 fully saturated rings. The Balaban J connectivity index is 1.94. The van der Waals surface area contributed by atoms with Gasteiger partial charge in [0.25, 0.3) is 10.0 Å². The van der Waals surface area contributed by atoms with Crippen molar-refractivity contribution in [2.45, 2.75) is 38.0 Å². The van der Waals surface area contributed by atoms with Gasteiger partial charge >= 0.3 is 0 Å². The number of nitrogens with one attached hydrogen (secondary N) is 1. The van der Waals surface area contributed by atoms with E-state index in [0.717, 1.165) is 30.5 Å². The van der Waals surface area contributed by atoms with Crippen LogP contribution in [0.2, 0.25) is 0 Å². The van der Waals surface area contributed by atoms with Gasteiger partial charge in [0.05, 0.1) is 10.6 Å². The van der Waals surface area contributed by atoms with Crippen molar-refractivity contribution < 1.29 is 8.42 Å². The molecule has 0 saturated heterocycles. The molecule has 1 aliphatic carbocycles. The minimum Gasteiger partial charge on any atom is -0.200 e. The van der Waals surface area contributed by atoms with Gasteiger partial charge in [0.15, 0.2) is 0 Å². The van der Waals surface area contributed by atoms with Gasteiger partial charge in [-0.15, -0.1) is 0 Å². The summed E-state index contributed by atoms with van der Waals surface area (Å²) < 4.78 is 24.6. The van der Waals surface area contributed by atoms with Gasteiger partial charge in [-0.2, -0.15) is 18.4 Å². The lowest BCUT2D eigenvalue weighted by molar-refractivity contribution is 0.584. The average molecular weight is 328 g/mol. The van der Waals surface area contributed by atoms with Crippen molar-refractivity contribution in [1.29, 1.82) is 0 Å². The highest BCUT2D eigenvalue weighted by Gasteiger charge is 2.19. The molecule has 1 N–H and O–H groups in total. The van der Waals surface area contributed by atoms with Crippen molar-refractivity contribution in [1.82, 2.24) is 4.83 Å². The molecule has 0 spiro atoms. The predicted molar refractivity (Wildman–Crippen MR) is 92.2 cm³/mol. The van der Waals surface area contributed by atoms with Crippen LogP contribution in [0, 0.1) is 13.8 Å². The fourth-order valence-corrected chi connectivity index (χ4v) is 3.89. The van der Waals surface area contributed by atoms with E-state index < -0.39 is 10.0 Å². The van der Waals surface area contributed by atoms with E-state index in [4.69, 9.17) is 0 Å². The molecule has 0 aromatic heterocycles. The molecule has 0 aliphatic heterocycles. The third kappa shape index (κ3) is 3.29. The number of rotatable bonds is 3. The van der Waals surface area contributed by atoms with Gasteiger partial charge in [-0.05, 0) is 62.4 Å². The van der Waals surface area contributed by atoms with Crippen LogP contribution in [0.15, 0.2) is 52.5 Å². The van der Waals surface area contributed by atoms with E-state index in [1.54, 1.807) is 30.3 Å². The monoisotopic (exact) mass is 328 g/mol. The van der Waals surface area contributed by atoms with E-state index >= 15 is 0 Å². The summed E-state index contributed by atoms with van der Waals surface area (Å²) in [7, 11) is -3.62. The van der Waals surface area contributed by atoms with E-state index in [1.165, 1.54) is 16.7 Å². The van der Waals surface area contributed by atoms with E-state index in [0.29, 0.717) is 0 Å². The van der Waals surface area contributed by atoms with Gasteiger partial charge < -0.3 is 0 Å². The molecule has 0 bridgehead atoms. The van der Waals surface area contributed by atoms with Crippen LogP contribution in [0.1, 0.15) is 35.1 Å². The molecule has 0 unspecified atom stereocenters. The fraction of sp³-hybridized carbons (Fsp3) is 0.278. The molecule has 1 aliphatic rings. The first kappa shape index (κ1) is 15.7. The maximum Gasteiger partial charge on any atom is 0.276 e. The molecule has 3 rings (SSSR count).